The zero-order chi connectivity index (χ0) is 10.4. The molecule has 0 saturated carbocycles. The topological polar surface area (TPSA) is 57.5 Å². The standard InChI is InChI=1S/C10H18O3/c1-4-5-9(11)8(10(12)13)6-7(2)3/h6-7,9,11H,4-5H2,1-3H3,(H,12,13)/b8-6+. The lowest BCUT2D eigenvalue weighted by Gasteiger charge is -2.11. The van der Waals surface area contributed by atoms with Crippen molar-refractivity contribution in [1.82, 2.24) is 0 Å². The Morgan fingerprint density at radius 1 is 1.46 bits per heavy atom. The van der Waals surface area contributed by atoms with Crippen molar-refractivity contribution in [2.45, 2.75) is 39.7 Å². The van der Waals surface area contributed by atoms with Crippen LogP contribution in [0.1, 0.15) is 33.6 Å². The molecule has 0 fully saturated rings. The molecule has 76 valence electrons. The zero-order valence-electron chi connectivity index (χ0n) is 8.45. The van der Waals surface area contributed by atoms with Crippen molar-refractivity contribution in [3.63, 3.8) is 0 Å². The van der Waals surface area contributed by atoms with Gasteiger partial charge in [0, 0.05) is 0 Å². The van der Waals surface area contributed by atoms with Crippen LogP contribution in [-0.4, -0.2) is 22.3 Å². The third-order valence-corrected chi connectivity index (χ3v) is 1.68. The Labute approximate surface area is 79.1 Å². The van der Waals surface area contributed by atoms with E-state index >= 15 is 0 Å². The van der Waals surface area contributed by atoms with Crippen LogP contribution in [0.3, 0.4) is 0 Å². The van der Waals surface area contributed by atoms with Gasteiger partial charge in [-0.1, -0.05) is 33.3 Å². The van der Waals surface area contributed by atoms with Gasteiger partial charge in [-0.05, 0) is 12.3 Å². The minimum atomic E-state index is -1.02. The van der Waals surface area contributed by atoms with Crippen LogP contribution in [0.2, 0.25) is 0 Å². The molecule has 0 spiro atoms. The van der Waals surface area contributed by atoms with Gasteiger partial charge in [-0.2, -0.15) is 0 Å². The van der Waals surface area contributed by atoms with Crippen molar-refractivity contribution in [2.75, 3.05) is 0 Å². The normalized spacial score (nSPS) is 14.7. The zero-order valence-corrected chi connectivity index (χ0v) is 8.45. The van der Waals surface area contributed by atoms with Crippen molar-refractivity contribution in [3.8, 4) is 0 Å². The summed E-state index contributed by atoms with van der Waals surface area (Å²) in [6, 6.07) is 0. The predicted octanol–water partition coefficient (Wildman–Crippen LogP) is 1.81. The summed E-state index contributed by atoms with van der Waals surface area (Å²) in [4.78, 5) is 10.7. The summed E-state index contributed by atoms with van der Waals surface area (Å²) >= 11 is 0. The third-order valence-electron chi connectivity index (χ3n) is 1.68. The SMILES string of the molecule is CCCC(O)/C(=C\C(C)C)C(=O)O. The van der Waals surface area contributed by atoms with E-state index in [-0.39, 0.29) is 11.5 Å². The van der Waals surface area contributed by atoms with E-state index in [2.05, 4.69) is 0 Å². The highest BCUT2D eigenvalue weighted by molar-refractivity contribution is 5.87. The maximum absolute atomic E-state index is 10.7. The smallest absolute Gasteiger partial charge is 0.333 e. The van der Waals surface area contributed by atoms with Gasteiger partial charge in [0.2, 0.25) is 0 Å². The summed E-state index contributed by atoms with van der Waals surface area (Å²) in [5, 5.41) is 18.3. The van der Waals surface area contributed by atoms with Gasteiger partial charge in [0.05, 0.1) is 11.7 Å². The van der Waals surface area contributed by atoms with Crippen LogP contribution in [0.4, 0.5) is 0 Å². The number of hydrogen-bond acceptors (Lipinski definition) is 2. The molecule has 0 aromatic carbocycles. The number of aliphatic hydroxyl groups is 1. The molecule has 0 rings (SSSR count). The predicted molar refractivity (Wildman–Crippen MR) is 51.5 cm³/mol. The molecule has 2 N–H and O–H groups in total. The highest BCUT2D eigenvalue weighted by Gasteiger charge is 2.16. The maximum Gasteiger partial charge on any atom is 0.333 e. The van der Waals surface area contributed by atoms with Gasteiger partial charge in [-0.25, -0.2) is 4.79 Å². The first-order chi connectivity index (χ1) is 5.99. The van der Waals surface area contributed by atoms with Crippen LogP contribution in [0.15, 0.2) is 11.6 Å². The van der Waals surface area contributed by atoms with E-state index in [1.165, 1.54) is 0 Å². The molecule has 0 aliphatic carbocycles. The van der Waals surface area contributed by atoms with Crippen LogP contribution < -0.4 is 0 Å². The Kier molecular flexibility index (Phi) is 5.39. The number of hydrogen-bond donors (Lipinski definition) is 2. The van der Waals surface area contributed by atoms with Crippen molar-refractivity contribution in [2.24, 2.45) is 5.92 Å². The van der Waals surface area contributed by atoms with E-state index in [0.29, 0.717) is 6.42 Å². The first kappa shape index (κ1) is 12.2. The first-order valence-electron chi connectivity index (χ1n) is 4.62. The lowest BCUT2D eigenvalue weighted by molar-refractivity contribution is -0.133. The minimum absolute atomic E-state index is 0.122. The van der Waals surface area contributed by atoms with Gasteiger partial charge in [0.25, 0.3) is 0 Å². The van der Waals surface area contributed by atoms with Gasteiger partial charge in [-0.15, -0.1) is 0 Å². The summed E-state index contributed by atoms with van der Waals surface area (Å²) in [5.74, 6) is -0.868. The van der Waals surface area contributed by atoms with E-state index < -0.39 is 12.1 Å². The van der Waals surface area contributed by atoms with Crippen molar-refractivity contribution in [1.29, 1.82) is 0 Å². The van der Waals surface area contributed by atoms with Gasteiger partial charge in [-0.3, -0.25) is 0 Å². The number of carboxylic acids is 1. The molecule has 0 aromatic rings. The molecule has 1 unspecified atom stereocenters. The highest BCUT2D eigenvalue weighted by Crippen LogP contribution is 2.12. The quantitative estimate of drug-likeness (QED) is 0.644. The number of aliphatic carboxylic acids is 1. The van der Waals surface area contributed by atoms with Gasteiger partial charge < -0.3 is 10.2 Å². The van der Waals surface area contributed by atoms with Crippen LogP contribution in [0.25, 0.3) is 0 Å². The molecular weight excluding hydrogens is 168 g/mol. The molecule has 0 aliphatic heterocycles. The first-order valence-corrected chi connectivity index (χ1v) is 4.62. The Bertz CT molecular complexity index is 194. The van der Waals surface area contributed by atoms with Gasteiger partial charge in [0.15, 0.2) is 0 Å². The van der Waals surface area contributed by atoms with Crippen LogP contribution in [0, 0.1) is 5.92 Å². The Balaban J connectivity index is 4.51. The second-order valence-corrected chi connectivity index (χ2v) is 3.48. The van der Waals surface area contributed by atoms with E-state index in [0.717, 1.165) is 6.42 Å². The van der Waals surface area contributed by atoms with Crippen LogP contribution >= 0.6 is 0 Å². The summed E-state index contributed by atoms with van der Waals surface area (Å²) < 4.78 is 0. The maximum atomic E-state index is 10.7. The summed E-state index contributed by atoms with van der Waals surface area (Å²) in [5.41, 5.74) is 0.122. The van der Waals surface area contributed by atoms with Crippen molar-refractivity contribution >= 4 is 5.97 Å². The third kappa shape index (κ3) is 4.68. The van der Waals surface area contributed by atoms with Crippen LogP contribution in [-0.2, 0) is 4.79 Å². The molecule has 0 heterocycles. The van der Waals surface area contributed by atoms with Gasteiger partial charge in [0.1, 0.15) is 0 Å². The van der Waals surface area contributed by atoms with E-state index in [4.69, 9.17) is 5.11 Å². The van der Waals surface area contributed by atoms with Gasteiger partial charge >= 0.3 is 5.97 Å². The molecule has 0 radical (unpaired) electrons. The highest BCUT2D eigenvalue weighted by atomic mass is 16.4. The Hall–Kier alpha value is -0.830. The van der Waals surface area contributed by atoms with Crippen molar-refractivity contribution in [3.05, 3.63) is 11.6 Å². The lowest BCUT2D eigenvalue weighted by atomic mass is 10.0. The summed E-state index contributed by atoms with van der Waals surface area (Å²) in [7, 11) is 0. The van der Waals surface area contributed by atoms with E-state index in [1.807, 2.05) is 20.8 Å². The fourth-order valence-corrected chi connectivity index (χ4v) is 1.11. The Morgan fingerprint density at radius 3 is 2.31 bits per heavy atom. The molecule has 0 aromatic heterocycles. The minimum Gasteiger partial charge on any atom is -0.478 e. The molecule has 0 bridgehead atoms. The molecule has 13 heavy (non-hydrogen) atoms. The molecular formula is C10H18O3. The van der Waals surface area contributed by atoms with Crippen molar-refractivity contribution < 1.29 is 15.0 Å². The average Bonchev–Trinajstić information content (AvgIpc) is 1.99. The van der Waals surface area contributed by atoms with E-state index in [9.17, 15) is 9.90 Å². The number of aliphatic hydroxyl groups excluding tert-OH is 1. The summed E-state index contributed by atoms with van der Waals surface area (Å²) in [6.45, 7) is 5.70. The fourth-order valence-electron chi connectivity index (χ4n) is 1.11. The molecule has 0 aliphatic rings. The molecule has 1 atom stereocenters. The second kappa shape index (κ2) is 5.75. The monoisotopic (exact) mass is 186 g/mol. The number of carboxylic acid groups (broad SMARTS) is 1. The Morgan fingerprint density at radius 2 is 2.00 bits per heavy atom. The number of allylic oxidation sites excluding steroid dienone is 1. The van der Waals surface area contributed by atoms with E-state index in [1.54, 1.807) is 6.08 Å². The molecule has 3 heteroatoms. The summed E-state index contributed by atoms with van der Waals surface area (Å²) in [6.07, 6.45) is 2.06. The number of rotatable bonds is 5. The fraction of sp³-hybridized carbons (Fsp3) is 0.700. The number of carbonyl (C=O) groups is 1. The average molecular weight is 186 g/mol. The molecule has 3 nitrogen and oxygen atoms in total. The molecule has 0 amide bonds. The second-order valence-electron chi connectivity index (χ2n) is 3.48. The van der Waals surface area contributed by atoms with Crippen LogP contribution in [0.5, 0.6) is 0 Å². The molecule has 0 saturated heterocycles. The lowest BCUT2D eigenvalue weighted by Crippen LogP contribution is -2.18. The largest absolute Gasteiger partial charge is 0.478 e.